The Balaban J connectivity index is 2.70. The number of hydrogen-bond donors (Lipinski definition) is 1. The summed E-state index contributed by atoms with van der Waals surface area (Å²) in [5, 5.41) is 0. The highest BCUT2D eigenvalue weighted by molar-refractivity contribution is 7.71. The van der Waals surface area contributed by atoms with E-state index in [9.17, 15) is 4.39 Å². The van der Waals surface area contributed by atoms with Crippen LogP contribution in [-0.2, 0) is 0 Å². The summed E-state index contributed by atoms with van der Waals surface area (Å²) in [6.07, 6.45) is 3.26. The maximum absolute atomic E-state index is 13.3. The van der Waals surface area contributed by atoms with E-state index >= 15 is 0 Å². The molecule has 0 aliphatic heterocycles. The van der Waals surface area contributed by atoms with Gasteiger partial charge in [-0.3, -0.25) is 4.98 Å². The van der Waals surface area contributed by atoms with Crippen LogP contribution in [-0.4, -0.2) is 9.97 Å². The number of halogens is 1. The van der Waals surface area contributed by atoms with Gasteiger partial charge >= 0.3 is 0 Å². The lowest BCUT2D eigenvalue weighted by Gasteiger charge is -2.05. The zero-order valence-corrected chi connectivity index (χ0v) is 8.94. The molecule has 2 aromatic rings. The maximum atomic E-state index is 13.3. The Hall–Kier alpha value is -1.55. The molecule has 0 saturated carbocycles. The number of aromatic amines is 1. The van der Waals surface area contributed by atoms with Gasteiger partial charge in [0.1, 0.15) is 16.2 Å². The predicted octanol–water partition coefficient (Wildman–Crippen LogP) is 3.25. The minimum absolute atomic E-state index is 0.243. The zero-order chi connectivity index (χ0) is 10.8. The van der Waals surface area contributed by atoms with Gasteiger partial charge in [-0.2, -0.15) is 0 Å². The molecule has 76 valence electrons. The molecule has 0 aliphatic rings. The molecule has 1 aromatic carbocycles. The smallest absolute Gasteiger partial charge is 0.129 e. The van der Waals surface area contributed by atoms with Crippen molar-refractivity contribution >= 4 is 12.2 Å². The van der Waals surface area contributed by atoms with E-state index < -0.39 is 0 Å². The molecule has 1 N–H and O–H groups in total. The number of nitrogens with one attached hydrogen (secondary N) is 1. The Morgan fingerprint density at radius 2 is 2.20 bits per heavy atom. The van der Waals surface area contributed by atoms with Crippen LogP contribution >= 0.6 is 12.2 Å². The van der Waals surface area contributed by atoms with Gasteiger partial charge < -0.3 is 4.98 Å². The highest BCUT2D eigenvalue weighted by atomic mass is 32.1. The lowest BCUT2D eigenvalue weighted by Crippen LogP contribution is -1.92. The average molecular weight is 220 g/mol. The molecular weight excluding hydrogens is 211 g/mol. The van der Waals surface area contributed by atoms with Crippen LogP contribution in [0.5, 0.6) is 0 Å². The zero-order valence-electron chi connectivity index (χ0n) is 8.12. The van der Waals surface area contributed by atoms with Gasteiger partial charge in [-0.05, 0) is 18.6 Å². The Morgan fingerprint density at radius 1 is 1.40 bits per heavy atom. The fourth-order valence-corrected chi connectivity index (χ4v) is 1.64. The summed E-state index contributed by atoms with van der Waals surface area (Å²) in [5.74, 6) is -0.243. The van der Waals surface area contributed by atoms with E-state index in [-0.39, 0.29) is 5.82 Å². The minimum Gasteiger partial charge on any atom is -0.350 e. The molecule has 0 aliphatic carbocycles. The largest absolute Gasteiger partial charge is 0.350 e. The van der Waals surface area contributed by atoms with E-state index in [1.54, 1.807) is 25.4 Å². The van der Waals surface area contributed by atoms with Crippen molar-refractivity contribution in [2.75, 3.05) is 0 Å². The first-order chi connectivity index (χ1) is 7.20. The summed E-state index contributed by atoms with van der Waals surface area (Å²) < 4.78 is 13.8. The Morgan fingerprint density at radius 3 is 2.93 bits per heavy atom. The monoisotopic (exact) mass is 220 g/mol. The Labute approximate surface area is 91.8 Å². The number of rotatable bonds is 1. The van der Waals surface area contributed by atoms with E-state index in [0.717, 1.165) is 5.56 Å². The molecule has 2 rings (SSSR count). The van der Waals surface area contributed by atoms with Gasteiger partial charge in [0.2, 0.25) is 0 Å². The van der Waals surface area contributed by atoms with Crippen molar-refractivity contribution in [3.8, 4) is 11.3 Å². The molecule has 1 aromatic heterocycles. The standard InChI is InChI=1S/C11H9FN2S/c1-7-8(3-2-4-9(7)12)10-11(15)14-6-5-13-10/h2-6H,1H3,(H,14,15). The second kappa shape index (κ2) is 3.90. The molecule has 15 heavy (non-hydrogen) atoms. The van der Waals surface area contributed by atoms with Crippen LogP contribution < -0.4 is 0 Å². The van der Waals surface area contributed by atoms with Crippen molar-refractivity contribution in [3.05, 3.63) is 46.6 Å². The van der Waals surface area contributed by atoms with Gasteiger partial charge in [0.05, 0.1) is 0 Å². The third-order valence-corrected chi connectivity index (χ3v) is 2.54. The summed E-state index contributed by atoms with van der Waals surface area (Å²) in [4.78, 5) is 7.02. The van der Waals surface area contributed by atoms with Gasteiger partial charge in [0, 0.05) is 18.0 Å². The number of H-pyrrole nitrogens is 1. The van der Waals surface area contributed by atoms with Crippen molar-refractivity contribution in [1.29, 1.82) is 0 Å². The van der Waals surface area contributed by atoms with Crippen LogP contribution in [0.15, 0.2) is 30.6 Å². The maximum Gasteiger partial charge on any atom is 0.129 e. The highest BCUT2D eigenvalue weighted by Gasteiger charge is 2.07. The molecule has 0 atom stereocenters. The summed E-state index contributed by atoms with van der Waals surface area (Å²) in [7, 11) is 0. The third-order valence-electron chi connectivity index (χ3n) is 2.23. The fraction of sp³-hybridized carbons (Fsp3) is 0.0909. The molecule has 0 bridgehead atoms. The summed E-state index contributed by atoms with van der Waals surface area (Å²) >= 11 is 5.10. The van der Waals surface area contributed by atoms with Crippen molar-refractivity contribution in [2.24, 2.45) is 0 Å². The first-order valence-corrected chi connectivity index (χ1v) is 4.90. The average Bonchev–Trinajstić information content (AvgIpc) is 2.23. The lowest BCUT2D eigenvalue weighted by molar-refractivity contribution is 0.619. The summed E-state index contributed by atoms with van der Waals surface area (Å²) in [6, 6.07) is 4.89. The second-order valence-electron chi connectivity index (χ2n) is 3.18. The van der Waals surface area contributed by atoms with Crippen molar-refractivity contribution < 1.29 is 4.39 Å². The molecule has 2 nitrogen and oxygen atoms in total. The molecule has 1 heterocycles. The van der Waals surface area contributed by atoms with Gasteiger partial charge in [0.25, 0.3) is 0 Å². The van der Waals surface area contributed by atoms with Crippen LogP contribution in [0.25, 0.3) is 11.3 Å². The molecule has 0 saturated heterocycles. The minimum atomic E-state index is -0.243. The van der Waals surface area contributed by atoms with Gasteiger partial charge in [-0.1, -0.05) is 24.4 Å². The Kier molecular flexibility index (Phi) is 2.60. The van der Waals surface area contributed by atoms with Crippen LogP contribution in [0.2, 0.25) is 0 Å². The molecule has 0 spiro atoms. The fourth-order valence-electron chi connectivity index (χ4n) is 1.41. The van der Waals surface area contributed by atoms with Gasteiger partial charge in [-0.15, -0.1) is 0 Å². The highest BCUT2D eigenvalue weighted by Crippen LogP contribution is 2.23. The normalized spacial score (nSPS) is 10.3. The molecular formula is C11H9FN2S. The quantitative estimate of drug-likeness (QED) is 0.747. The van der Waals surface area contributed by atoms with Crippen LogP contribution in [0, 0.1) is 17.4 Å². The molecule has 0 fully saturated rings. The van der Waals surface area contributed by atoms with Crippen LogP contribution in [0.3, 0.4) is 0 Å². The molecule has 0 radical (unpaired) electrons. The van der Waals surface area contributed by atoms with Gasteiger partial charge in [0.15, 0.2) is 0 Å². The third kappa shape index (κ3) is 1.80. The van der Waals surface area contributed by atoms with E-state index in [4.69, 9.17) is 12.2 Å². The second-order valence-corrected chi connectivity index (χ2v) is 3.59. The SMILES string of the molecule is Cc1c(F)cccc1-c1ncc[nH]c1=S. The van der Waals surface area contributed by atoms with Crippen molar-refractivity contribution in [1.82, 2.24) is 9.97 Å². The number of hydrogen-bond acceptors (Lipinski definition) is 2. The number of benzene rings is 1. The molecule has 4 heteroatoms. The summed E-state index contributed by atoms with van der Waals surface area (Å²) in [5.41, 5.74) is 1.91. The molecule has 0 amide bonds. The number of aromatic nitrogens is 2. The first kappa shape index (κ1) is 9.98. The van der Waals surface area contributed by atoms with Crippen molar-refractivity contribution in [3.63, 3.8) is 0 Å². The van der Waals surface area contributed by atoms with Gasteiger partial charge in [-0.25, -0.2) is 4.39 Å². The van der Waals surface area contributed by atoms with E-state index in [1.165, 1.54) is 6.07 Å². The topological polar surface area (TPSA) is 28.7 Å². The molecule has 0 unspecified atom stereocenters. The predicted molar refractivity (Wildman–Crippen MR) is 59.6 cm³/mol. The van der Waals surface area contributed by atoms with E-state index in [2.05, 4.69) is 9.97 Å². The van der Waals surface area contributed by atoms with Crippen LogP contribution in [0.1, 0.15) is 5.56 Å². The van der Waals surface area contributed by atoms with Crippen molar-refractivity contribution in [2.45, 2.75) is 6.92 Å². The Bertz CT molecular complexity index is 548. The van der Waals surface area contributed by atoms with Crippen LogP contribution in [0.4, 0.5) is 4.39 Å². The summed E-state index contributed by atoms with van der Waals surface area (Å²) in [6.45, 7) is 1.72. The lowest BCUT2D eigenvalue weighted by atomic mass is 10.1. The first-order valence-electron chi connectivity index (χ1n) is 4.49. The van der Waals surface area contributed by atoms with E-state index in [1.807, 2.05) is 6.07 Å². The van der Waals surface area contributed by atoms with E-state index in [0.29, 0.717) is 15.9 Å². The number of nitrogens with zero attached hydrogens (tertiary/aromatic N) is 1.